The Labute approximate surface area is 111 Å². The van der Waals surface area contributed by atoms with Crippen molar-refractivity contribution in [1.29, 1.82) is 0 Å². The SMILES string of the molecule is CC(=O)SCCC=Cc1cccc2cccnc12. The molecule has 2 nitrogen and oxygen atoms in total. The molecular weight excluding hydrogens is 242 g/mol. The molecule has 1 aromatic heterocycles. The first-order chi connectivity index (χ1) is 8.77. The predicted octanol–water partition coefficient (Wildman–Crippen LogP) is 3.92. The first-order valence-electron chi connectivity index (χ1n) is 5.91. The van der Waals surface area contributed by atoms with Gasteiger partial charge in [-0.2, -0.15) is 0 Å². The summed E-state index contributed by atoms with van der Waals surface area (Å²) in [6.45, 7) is 1.60. The Morgan fingerprint density at radius 2 is 2.17 bits per heavy atom. The van der Waals surface area contributed by atoms with Crippen molar-refractivity contribution in [2.75, 3.05) is 5.75 Å². The van der Waals surface area contributed by atoms with E-state index in [2.05, 4.69) is 35.3 Å². The minimum Gasteiger partial charge on any atom is -0.288 e. The van der Waals surface area contributed by atoms with Gasteiger partial charge in [-0.05, 0) is 12.5 Å². The summed E-state index contributed by atoms with van der Waals surface area (Å²) in [5, 5.41) is 1.33. The molecule has 0 aliphatic heterocycles. The van der Waals surface area contributed by atoms with E-state index < -0.39 is 0 Å². The molecule has 2 aromatic rings. The molecule has 0 atom stereocenters. The molecular formula is C15H15NOS. The highest BCUT2D eigenvalue weighted by Gasteiger charge is 1.97. The number of fused-ring (bicyclic) bond motifs is 1. The fourth-order valence-corrected chi connectivity index (χ4v) is 2.28. The van der Waals surface area contributed by atoms with E-state index in [0.717, 1.165) is 28.6 Å². The summed E-state index contributed by atoms with van der Waals surface area (Å²) < 4.78 is 0. The molecule has 0 spiro atoms. The summed E-state index contributed by atoms with van der Waals surface area (Å²) in [7, 11) is 0. The molecule has 1 heterocycles. The lowest BCUT2D eigenvalue weighted by Gasteiger charge is -2.00. The lowest BCUT2D eigenvalue weighted by molar-refractivity contribution is -0.109. The molecule has 3 heteroatoms. The molecule has 0 radical (unpaired) electrons. The van der Waals surface area contributed by atoms with Gasteiger partial charge in [0.25, 0.3) is 0 Å². The topological polar surface area (TPSA) is 30.0 Å². The van der Waals surface area contributed by atoms with Crippen molar-refractivity contribution in [3.63, 3.8) is 0 Å². The van der Waals surface area contributed by atoms with E-state index in [1.54, 1.807) is 6.92 Å². The fraction of sp³-hybridized carbons (Fsp3) is 0.200. The highest BCUT2D eigenvalue weighted by molar-refractivity contribution is 8.13. The number of benzene rings is 1. The Bertz CT molecular complexity index is 572. The zero-order chi connectivity index (χ0) is 12.8. The molecule has 0 fully saturated rings. The summed E-state index contributed by atoms with van der Waals surface area (Å²) in [5.41, 5.74) is 2.15. The largest absolute Gasteiger partial charge is 0.288 e. The zero-order valence-electron chi connectivity index (χ0n) is 10.3. The standard InChI is InChI=1S/C15H15NOS/c1-12(17)18-11-3-2-6-13-7-4-8-14-9-5-10-16-15(13)14/h2,4-10H,3,11H2,1H3. The molecule has 0 saturated carbocycles. The van der Waals surface area contributed by atoms with Crippen LogP contribution in [0.4, 0.5) is 0 Å². The summed E-state index contributed by atoms with van der Waals surface area (Å²) >= 11 is 1.36. The first kappa shape index (κ1) is 12.8. The first-order valence-corrected chi connectivity index (χ1v) is 6.89. The Morgan fingerprint density at radius 3 is 3.00 bits per heavy atom. The number of nitrogens with zero attached hydrogens (tertiary/aromatic N) is 1. The van der Waals surface area contributed by atoms with E-state index in [1.165, 1.54) is 11.8 Å². The fourth-order valence-electron chi connectivity index (χ4n) is 1.74. The lowest BCUT2D eigenvalue weighted by atomic mass is 10.1. The number of rotatable bonds is 4. The van der Waals surface area contributed by atoms with E-state index in [4.69, 9.17) is 0 Å². The summed E-state index contributed by atoms with van der Waals surface area (Å²) in [6, 6.07) is 10.2. The molecule has 0 saturated heterocycles. The minimum atomic E-state index is 0.176. The van der Waals surface area contributed by atoms with Gasteiger partial charge in [0, 0.05) is 29.8 Å². The highest BCUT2D eigenvalue weighted by atomic mass is 32.2. The van der Waals surface area contributed by atoms with Gasteiger partial charge in [-0.25, -0.2) is 0 Å². The van der Waals surface area contributed by atoms with Gasteiger partial charge >= 0.3 is 0 Å². The van der Waals surface area contributed by atoms with Crippen LogP contribution in [-0.2, 0) is 4.79 Å². The van der Waals surface area contributed by atoms with E-state index in [0.29, 0.717) is 0 Å². The van der Waals surface area contributed by atoms with Gasteiger partial charge in [0.2, 0.25) is 0 Å². The Hall–Kier alpha value is -1.61. The third-order valence-corrected chi connectivity index (χ3v) is 3.40. The lowest BCUT2D eigenvalue weighted by Crippen LogP contribution is -1.84. The molecule has 0 bridgehead atoms. The summed E-state index contributed by atoms with van der Waals surface area (Å²) in [6.07, 6.45) is 6.88. The number of allylic oxidation sites excluding steroid dienone is 1. The van der Waals surface area contributed by atoms with Gasteiger partial charge in [0.05, 0.1) is 5.52 Å². The number of carbonyl (C=O) groups excluding carboxylic acids is 1. The number of para-hydroxylation sites is 1. The molecule has 0 N–H and O–H groups in total. The maximum absolute atomic E-state index is 10.8. The Balaban J connectivity index is 2.07. The maximum Gasteiger partial charge on any atom is 0.185 e. The number of pyridine rings is 1. The van der Waals surface area contributed by atoms with Crippen LogP contribution in [0.15, 0.2) is 42.6 Å². The third-order valence-electron chi connectivity index (χ3n) is 2.55. The number of aromatic nitrogens is 1. The van der Waals surface area contributed by atoms with Crippen LogP contribution in [0.2, 0.25) is 0 Å². The van der Waals surface area contributed by atoms with Crippen molar-refractivity contribution in [2.24, 2.45) is 0 Å². The third kappa shape index (κ3) is 3.44. The van der Waals surface area contributed by atoms with Crippen LogP contribution in [0.5, 0.6) is 0 Å². The van der Waals surface area contributed by atoms with E-state index in [9.17, 15) is 4.79 Å². The van der Waals surface area contributed by atoms with Crippen molar-refractivity contribution in [3.8, 4) is 0 Å². The second-order valence-electron chi connectivity index (χ2n) is 3.95. The Morgan fingerprint density at radius 1 is 1.33 bits per heavy atom. The second kappa shape index (κ2) is 6.36. The normalized spacial score (nSPS) is 11.2. The van der Waals surface area contributed by atoms with Crippen LogP contribution >= 0.6 is 11.8 Å². The average molecular weight is 257 g/mol. The second-order valence-corrected chi connectivity index (χ2v) is 5.23. The number of hydrogen-bond donors (Lipinski definition) is 0. The minimum absolute atomic E-state index is 0.176. The number of carbonyl (C=O) groups is 1. The predicted molar refractivity (Wildman–Crippen MR) is 78.5 cm³/mol. The molecule has 1 aromatic carbocycles. The van der Waals surface area contributed by atoms with Gasteiger partial charge in [0.1, 0.15) is 0 Å². The van der Waals surface area contributed by atoms with Crippen molar-refractivity contribution < 1.29 is 4.79 Å². The average Bonchev–Trinajstić information content (AvgIpc) is 2.38. The van der Waals surface area contributed by atoms with Crippen molar-refractivity contribution in [1.82, 2.24) is 4.98 Å². The molecule has 0 unspecified atom stereocenters. The molecule has 18 heavy (non-hydrogen) atoms. The van der Waals surface area contributed by atoms with Crippen LogP contribution in [0.25, 0.3) is 17.0 Å². The summed E-state index contributed by atoms with van der Waals surface area (Å²) in [4.78, 5) is 15.2. The van der Waals surface area contributed by atoms with Gasteiger partial charge in [0.15, 0.2) is 5.12 Å². The van der Waals surface area contributed by atoms with Crippen molar-refractivity contribution in [2.45, 2.75) is 13.3 Å². The van der Waals surface area contributed by atoms with Crippen LogP contribution < -0.4 is 0 Å². The Kier molecular flexibility index (Phi) is 4.53. The van der Waals surface area contributed by atoms with Crippen LogP contribution in [0.3, 0.4) is 0 Å². The maximum atomic E-state index is 10.8. The van der Waals surface area contributed by atoms with E-state index in [-0.39, 0.29) is 5.12 Å². The number of hydrogen-bond acceptors (Lipinski definition) is 3. The molecule has 0 aliphatic rings. The molecule has 0 aliphatic carbocycles. The van der Waals surface area contributed by atoms with E-state index >= 15 is 0 Å². The molecule has 0 amide bonds. The van der Waals surface area contributed by atoms with Crippen LogP contribution in [0, 0.1) is 0 Å². The zero-order valence-corrected chi connectivity index (χ0v) is 11.1. The molecule has 92 valence electrons. The monoisotopic (exact) mass is 257 g/mol. The molecule has 2 rings (SSSR count). The van der Waals surface area contributed by atoms with Crippen molar-refractivity contribution >= 4 is 33.9 Å². The van der Waals surface area contributed by atoms with Gasteiger partial charge < -0.3 is 0 Å². The highest BCUT2D eigenvalue weighted by Crippen LogP contribution is 2.17. The van der Waals surface area contributed by atoms with Crippen LogP contribution in [0.1, 0.15) is 18.9 Å². The van der Waals surface area contributed by atoms with Gasteiger partial charge in [-0.15, -0.1) is 0 Å². The van der Waals surface area contributed by atoms with E-state index in [1.807, 2.05) is 18.3 Å². The summed E-state index contributed by atoms with van der Waals surface area (Å²) in [5.74, 6) is 0.837. The smallest absolute Gasteiger partial charge is 0.185 e. The number of thioether (sulfide) groups is 1. The van der Waals surface area contributed by atoms with Crippen molar-refractivity contribution in [3.05, 3.63) is 48.2 Å². The van der Waals surface area contributed by atoms with Gasteiger partial charge in [-0.3, -0.25) is 9.78 Å². The van der Waals surface area contributed by atoms with Crippen LogP contribution in [-0.4, -0.2) is 15.9 Å². The van der Waals surface area contributed by atoms with Gasteiger partial charge in [-0.1, -0.05) is 48.2 Å². The quantitative estimate of drug-likeness (QED) is 0.778.